The minimum Gasteiger partial charge on any atom is -0.469 e. The van der Waals surface area contributed by atoms with Crippen LogP contribution in [0.25, 0.3) is 0 Å². The molecule has 1 aromatic carbocycles. The standard InChI is InChI=1S/C16H18FN3O3/c1-9(8-18)15(21)19-11-3-4-13(17)14(7-11)20-16(22)12-5-6-23-10(12)2/h3-7,9H,8,18H2,1-2H3,(H,19,21)(H,20,22). The van der Waals surface area contributed by atoms with Gasteiger partial charge in [-0.25, -0.2) is 4.39 Å². The van der Waals surface area contributed by atoms with Crippen LogP contribution in [0.15, 0.2) is 34.9 Å². The average Bonchev–Trinajstić information content (AvgIpc) is 2.95. The molecule has 7 heteroatoms. The van der Waals surface area contributed by atoms with Crippen molar-refractivity contribution in [2.24, 2.45) is 11.7 Å². The van der Waals surface area contributed by atoms with E-state index in [1.165, 1.54) is 30.5 Å². The summed E-state index contributed by atoms with van der Waals surface area (Å²) in [6.07, 6.45) is 1.38. The van der Waals surface area contributed by atoms with Gasteiger partial charge in [0.2, 0.25) is 5.91 Å². The third kappa shape index (κ3) is 3.95. The van der Waals surface area contributed by atoms with Crippen molar-refractivity contribution in [3.8, 4) is 0 Å². The van der Waals surface area contributed by atoms with Crippen LogP contribution < -0.4 is 16.4 Å². The highest BCUT2D eigenvalue weighted by atomic mass is 19.1. The average molecular weight is 319 g/mol. The quantitative estimate of drug-likeness (QED) is 0.788. The Morgan fingerprint density at radius 1 is 1.30 bits per heavy atom. The Morgan fingerprint density at radius 2 is 2.04 bits per heavy atom. The second-order valence-corrected chi connectivity index (χ2v) is 5.17. The zero-order valence-corrected chi connectivity index (χ0v) is 12.9. The van der Waals surface area contributed by atoms with E-state index in [0.717, 1.165) is 0 Å². The van der Waals surface area contributed by atoms with Crippen LogP contribution in [-0.4, -0.2) is 18.4 Å². The molecule has 0 aliphatic carbocycles. The summed E-state index contributed by atoms with van der Waals surface area (Å²) in [6.45, 7) is 3.52. The number of hydrogen-bond donors (Lipinski definition) is 3. The number of rotatable bonds is 5. The molecule has 6 nitrogen and oxygen atoms in total. The maximum Gasteiger partial charge on any atom is 0.259 e. The fourth-order valence-corrected chi connectivity index (χ4v) is 1.88. The minimum absolute atomic E-state index is 0.0335. The minimum atomic E-state index is -0.607. The van der Waals surface area contributed by atoms with Gasteiger partial charge in [-0.15, -0.1) is 0 Å². The first-order chi connectivity index (χ1) is 10.9. The normalized spacial score (nSPS) is 11.8. The molecule has 2 aromatic rings. The van der Waals surface area contributed by atoms with Crippen LogP contribution >= 0.6 is 0 Å². The number of hydrogen-bond acceptors (Lipinski definition) is 4. The van der Waals surface area contributed by atoms with Crippen LogP contribution in [0.3, 0.4) is 0 Å². The molecular weight excluding hydrogens is 301 g/mol. The third-order valence-corrected chi connectivity index (χ3v) is 3.39. The largest absolute Gasteiger partial charge is 0.469 e. The van der Waals surface area contributed by atoms with E-state index in [0.29, 0.717) is 17.0 Å². The van der Waals surface area contributed by atoms with Crippen LogP contribution in [0, 0.1) is 18.7 Å². The lowest BCUT2D eigenvalue weighted by Crippen LogP contribution is -2.26. The SMILES string of the molecule is Cc1occc1C(=O)Nc1cc(NC(=O)C(C)CN)ccc1F. The second-order valence-electron chi connectivity index (χ2n) is 5.17. The summed E-state index contributed by atoms with van der Waals surface area (Å²) in [5.74, 6) is -1.31. The lowest BCUT2D eigenvalue weighted by molar-refractivity contribution is -0.119. The molecule has 0 spiro atoms. The van der Waals surface area contributed by atoms with Crippen molar-refractivity contribution >= 4 is 23.2 Å². The number of halogens is 1. The molecule has 0 bridgehead atoms. The van der Waals surface area contributed by atoms with Crippen LogP contribution in [0.2, 0.25) is 0 Å². The van der Waals surface area contributed by atoms with Crippen LogP contribution in [-0.2, 0) is 4.79 Å². The first kappa shape index (κ1) is 16.7. The van der Waals surface area contributed by atoms with E-state index in [1.54, 1.807) is 13.8 Å². The molecule has 2 rings (SSSR count). The van der Waals surface area contributed by atoms with Crippen LogP contribution in [0.1, 0.15) is 23.0 Å². The monoisotopic (exact) mass is 319 g/mol. The molecule has 23 heavy (non-hydrogen) atoms. The van der Waals surface area contributed by atoms with Gasteiger partial charge in [0.25, 0.3) is 5.91 Å². The summed E-state index contributed by atoms with van der Waals surface area (Å²) in [5.41, 5.74) is 6.08. The van der Waals surface area contributed by atoms with E-state index in [2.05, 4.69) is 10.6 Å². The fourth-order valence-electron chi connectivity index (χ4n) is 1.88. The van der Waals surface area contributed by atoms with Crippen molar-refractivity contribution in [2.45, 2.75) is 13.8 Å². The van der Waals surface area contributed by atoms with Gasteiger partial charge in [0.05, 0.1) is 17.5 Å². The smallest absolute Gasteiger partial charge is 0.259 e. The summed E-state index contributed by atoms with van der Waals surface area (Å²) in [4.78, 5) is 23.9. The Hall–Kier alpha value is -2.67. The Labute approximate surface area is 132 Å². The molecule has 0 aliphatic heterocycles. The zero-order valence-electron chi connectivity index (χ0n) is 12.9. The van der Waals surface area contributed by atoms with Gasteiger partial charge in [-0.2, -0.15) is 0 Å². The molecule has 1 unspecified atom stereocenters. The number of benzene rings is 1. The first-order valence-electron chi connectivity index (χ1n) is 7.08. The van der Waals surface area contributed by atoms with Gasteiger partial charge in [-0.05, 0) is 31.2 Å². The predicted octanol–water partition coefficient (Wildman–Crippen LogP) is 2.51. The van der Waals surface area contributed by atoms with E-state index in [4.69, 9.17) is 10.2 Å². The highest BCUT2D eigenvalue weighted by molar-refractivity contribution is 6.05. The molecule has 0 fully saturated rings. The summed E-state index contributed by atoms with van der Waals surface area (Å²) < 4.78 is 18.9. The van der Waals surface area contributed by atoms with Crippen molar-refractivity contribution in [3.63, 3.8) is 0 Å². The molecule has 122 valence electrons. The fraction of sp³-hybridized carbons (Fsp3) is 0.250. The summed E-state index contributed by atoms with van der Waals surface area (Å²) >= 11 is 0. The van der Waals surface area contributed by atoms with Gasteiger partial charge in [0, 0.05) is 18.2 Å². The van der Waals surface area contributed by atoms with Crippen molar-refractivity contribution in [3.05, 3.63) is 47.7 Å². The number of amides is 2. The van der Waals surface area contributed by atoms with Gasteiger partial charge in [0.15, 0.2) is 0 Å². The third-order valence-electron chi connectivity index (χ3n) is 3.39. The summed E-state index contributed by atoms with van der Waals surface area (Å²) in [6, 6.07) is 5.43. The number of aryl methyl sites for hydroxylation is 1. The van der Waals surface area contributed by atoms with Gasteiger partial charge in [-0.3, -0.25) is 9.59 Å². The molecule has 1 aromatic heterocycles. The van der Waals surface area contributed by atoms with E-state index in [1.807, 2.05) is 0 Å². The van der Waals surface area contributed by atoms with Gasteiger partial charge >= 0.3 is 0 Å². The van der Waals surface area contributed by atoms with Crippen molar-refractivity contribution in [1.29, 1.82) is 0 Å². The maximum absolute atomic E-state index is 13.9. The van der Waals surface area contributed by atoms with Gasteiger partial charge < -0.3 is 20.8 Å². The van der Waals surface area contributed by atoms with E-state index in [-0.39, 0.29) is 24.1 Å². The molecule has 1 heterocycles. The Balaban J connectivity index is 2.16. The number of nitrogens with one attached hydrogen (secondary N) is 2. The van der Waals surface area contributed by atoms with Gasteiger partial charge in [-0.1, -0.05) is 6.92 Å². The molecule has 0 aliphatic rings. The van der Waals surface area contributed by atoms with Crippen LogP contribution in [0.4, 0.5) is 15.8 Å². The summed E-state index contributed by atoms with van der Waals surface area (Å²) in [7, 11) is 0. The lowest BCUT2D eigenvalue weighted by atomic mass is 10.1. The van der Waals surface area contributed by atoms with E-state index in [9.17, 15) is 14.0 Å². The number of carbonyl (C=O) groups is 2. The predicted molar refractivity (Wildman–Crippen MR) is 84.6 cm³/mol. The number of carbonyl (C=O) groups excluding carboxylic acids is 2. The molecule has 2 amide bonds. The first-order valence-corrected chi connectivity index (χ1v) is 7.08. The Bertz CT molecular complexity index is 727. The molecule has 0 radical (unpaired) electrons. The highest BCUT2D eigenvalue weighted by Crippen LogP contribution is 2.21. The van der Waals surface area contributed by atoms with Gasteiger partial charge in [0.1, 0.15) is 11.6 Å². The zero-order chi connectivity index (χ0) is 17.0. The highest BCUT2D eigenvalue weighted by Gasteiger charge is 2.15. The Morgan fingerprint density at radius 3 is 2.65 bits per heavy atom. The van der Waals surface area contributed by atoms with E-state index >= 15 is 0 Å². The molecular formula is C16H18FN3O3. The summed E-state index contributed by atoms with van der Waals surface area (Å²) in [5, 5.41) is 5.08. The number of anilines is 2. The second kappa shape index (κ2) is 7.06. The maximum atomic E-state index is 13.9. The molecule has 0 saturated heterocycles. The van der Waals surface area contributed by atoms with Crippen LogP contribution in [0.5, 0.6) is 0 Å². The topological polar surface area (TPSA) is 97.4 Å². The molecule has 4 N–H and O–H groups in total. The molecule has 1 atom stereocenters. The van der Waals surface area contributed by atoms with Crippen molar-refractivity contribution in [2.75, 3.05) is 17.2 Å². The van der Waals surface area contributed by atoms with Crippen molar-refractivity contribution in [1.82, 2.24) is 0 Å². The number of nitrogens with two attached hydrogens (primary N) is 1. The Kier molecular flexibility index (Phi) is 5.13. The molecule has 0 saturated carbocycles. The lowest BCUT2D eigenvalue weighted by Gasteiger charge is -2.12. The van der Waals surface area contributed by atoms with Crippen molar-refractivity contribution < 1.29 is 18.4 Å². The number of furan rings is 1. The van der Waals surface area contributed by atoms with E-state index < -0.39 is 11.7 Å².